The fraction of sp³-hybridized carbons (Fsp3) is 0.652. The summed E-state index contributed by atoms with van der Waals surface area (Å²) in [5, 5.41) is 17.7. The molecule has 9 nitrogen and oxygen atoms in total. The van der Waals surface area contributed by atoms with Gasteiger partial charge in [0, 0.05) is 36.8 Å². The number of nitro groups is 1. The minimum absolute atomic E-state index is 0.0000932. The van der Waals surface area contributed by atoms with Crippen LogP contribution in [-0.2, 0) is 4.74 Å². The third-order valence-corrected chi connectivity index (χ3v) is 6.10. The predicted octanol–water partition coefficient (Wildman–Crippen LogP) is 4.47. The summed E-state index contributed by atoms with van der Waals surface area (Å²) in [5.41, 5.74) is 0.0356. The molecule has 0 saturated heterocycles. The highest BCUT2D eigenvalue weighted by Gasteiger charge is 2.33. The Labute approximate surface area is 189 Å². The molecule has 32 heavy (non-hydrogen) atoms. The first-order valence-electron chi connectivity index (χ1n) is 11.3. The normalized spacial score (nSPS) is 21.2. The van der Waals surface area contributed by atoms with E-state index in [1.807, 2.05) is 0 Å². The molecule has 1 aromatic carbocycles. The number of rotatable bonds is 6. The van der Waals surface area contributed by atoms with Gasteiger partial charge in [-0.05, 0) is 58.6 Å². The SMILES string of the molecule is CN(C(=O)c1ccc(NC2CC(NC(=O)OC(C)(C)C)C2)c([N+](=O)[O-])c1)C1CCCCC1. The molecule has 2 aliphatic rings. The fourth-order valence-corrected chi connectivity index (χ4v) is 4.32. The van der Waals surface area contributed by atoms with Gasteiger partial charge in [0.2, 0.25) is 0 Å². The molecule has 2 amide bonds. The molecule has 0 aromatic heterocycles. The average molecular weight is 447 g/mol. The molecule has 9 heteroatoms. The van der Waals surface area contributed by atoms with E-state index in [-0.39, 0.29) is 29.7 Å². The van der Waals surface area contributed by atoms with Crippen molar-refractivity contribution in [1.82, 2.24) is 10.2 Å². The smallest absolute Gasteiger partial charge is 0.407 e. The van der Waals surface area contributed by atoms with Crippen molar-refractivity contribution in [1.29, 1.82) is 0 Å². The van der Waals surface area contributed by atoms with E-state index < -0.39 is 16.6 Å². The molecule has 0 heterocycles. The van der Waals surface area contributed by atoms with Crippen molar-refractivity contribution in [2.24, 2.45) is 0 Å². The minimum atomic E-state index is -0.559. The van der Waals surface area contributed by atoms with E-state index in [4.69, 9.17) is 4.74 Å². The number of benzene rings is 1. The van der Waals surface area contributed by atoms with Gasteiger partial charge in [-0.2, -0.15) is 0 Å². The maximum absolute atomic E-state index is 12.9. The van der Waals surface area contributed by atoms with Crippen LogP contribution in [0.2, 0.25) is 0 Å². The number of alkyl carbamates (subject to hydrolysis) is 1. The minimum Gasteiger partial charge on any atom is -0.444 e. The van der Waals surface area contributed by atoms with Crippen molar-refractivity contribution in [3.05, 3.63) is 33.9 Å². The van der Waals surface area contributed by atoms with Crippen molar-refractivity contribution in [3.63, 3.8) is 0 Å². The zero-order valence-electron chi connectivity index (χ0n) is 19.3. The molecule has 2 aliphatic carbocycles. The summed E-state index contributed by atoms with van der Waals surface area (Å²) in [6.07, 6.45) is 6.18. The summed E-state index contributed by atoms with van der Waals surface area (Å²) in [6, 6.07) is 4.77. The summed E-state index contributed by atoms with van der Waals surface area (Å²) in [4.78, 5) is 37.7. The van der Waals surface area contributed by atoms with Crippen molar-refractivity contribution in [2.45, 2.75) is 89.4 Å². The topological polar surface area (TPSA) is 114 Å². The van der Waals surface area contributed by atoms with Crippen LogP contribution in [0.5, 0.6) is 0 Å². The lowest BCUT2D eigenvalue weighted by atomic mass is 9.86. The third kappa shape index (κ3) is 6.11. The van der Waals surface area contributed by atoms with Crippen LogP contribution >= 0.6 is 0 Å². The highest BCUT2D eigenvalue weighted by atomic mass is 16.6. The standard InChI is InChI=1S/C23H34N4O5/c1-23(2,3)32-22(29)25-17-13-16(14-17)24-19-11-10-15(12-20(19)27(30)31)21(28)26(4)18-8-6-5-7-9-18/h10-12,16-18,24H,5-9,13-14H2,1-4H3,(H,25,29). The van der Waals surface area contributed by atoms with Crippen LogP contribution in [0, 0.1) is 10.1 Å². The lowest BCUT2D eigenvalue weighted by molar-refractivity contribution is -0.384. The van der Waals surface area contributed by atoms with E-state index in [0.717, 1.165) is 25.7 Å². The van der Waals surface area contributed by atoms with Gasteiger partial charge in [-0.25, -0.2) is 4.79 Å². The molecule has 0 bridgehead atoms. The zero-order valence-corrected chi connectivity index (χ0v) is 19.3. The largest absolute Gasteiger partial charge is 0.444 e. The average Bonchev–Trinajstić information content (AvgIpc) is 2.70. The van der Waals surface area contributed by atoms with Crippen molar-refractivity contribution >= 4 is 23.4 Å². The Morgan fingerprint density at radius 1 is 1.12 bits per heavy atom. The molecule has 2 saturated carbocycles. The Morgan fingerprint density at radius 3 is 2.38 bits per heavy atom. The van der Waals surface area contributed by atoms with Crippen molar-refractivity contribution < 1.29 is 19.2 Å². The molecule has 0 radical (unpaired) electrons. The quantitative estimate of drug-likeness (QED) is 0.492. The second-order valence-corrected chi connectivity index (χ2v) is 9.85. The number of carbonyl (C=O) groups excluding carboxylic acids is 2. The Kier molecular flexibility index (Phi) is 7.26. The molecule has 0 spiro atoms. The van der Waals surface area contributed by atoms with Gasteiger partial charge >= 0.3 is 6.09 Å². The Balaban J connectivity index is 1.59. The first-order valence-corrected chi connectivity index (χ1v) is 11.3. The first-order chi connectivity index (χ1) is 15.0. The number of amides is 2. The fourth-order valence-electron chi connectivity index (χ4n) is 4.32. The van der Waals surface area contributed by atoms with Gasteiger partial charge in [0.25, 0.3) is 11.6 Å². The van der Waals surface area contributed by atoms with Crippen LogP contribution in [0.25, 0.3) is 0 Å². The molecule has 0 unspecified atom stereocenters. The number of nitrogens with one attached hydrogen (secondary N) is 2. The summed E-state index contributed by atoms with van der Waals surface area (Å²) >= 11 is 0. The predicted molar refractivity (Wildman–Crippen MR) is 122 cm³/mol. The molecular weight excluding hydrogens is 412 g/mol. The maximum Gasteiger partial charge on any atom is 0.407 e. The second kappa shape index (κ2) is 9.75. The highest BCUT2D eigenvalue weighted by Crippen LogP contribution is 2.32. The number of anilines is 1. The zero-order chi connectivity index (χ0) is 23.5. The van der Waals surface area contributed by atoms with Crippen LogP contribution in [0.4, 0.5) is 16.2 Å². The summed E-state index contributed by atoms with van der Waals surface area (Å²) in [5.74, 6) is -0.184. The van der Waals surface area contributed by atoms with E-state index in [1.54, 1.807) is 44.9 Å². The Hall–Kier alpha value is -2.84. The van der Waals surface area contributed by atoms with Crippen molar-refractivity contribution in [2.75, 3.05) is 12.4 Å². The molecule has 0 aliphatic heterocycles. The molecule has 176 valence electrons. The van der Waals surface area contributed by atoms with E-state index in [2.05, 4.69) is 10.6 Å². The van der Waals surface area contributed by atoms with E-state index in [9.17, 15) is 19.7 Å². The van der Waals surface area contributed by atoms with E-state index in [0.29, 0.717) is 24.1 Å². The summed E-state index contributed by atoms with van der Waals surface area (Å²) < 4.78 is 5.25. The number of hydrogen-bond acceptors (Lipinski definition) is 6. The Morgan fingerprint density at radius 2 is 1.78 bits per heavy atom. The van der Waals surface area contributed by atoms with Crippen LogP contribution in [0.3, 0.4) is 0 Å². The molecule has 2 fully saturated rings. The number of nitro benzene ring substituents is 1. The van der Waals surface area contributed by atoms with Gasteiger partial charge in [0.05, 0.1) is 4.92 Å². The summed E-state index contributed by atoms with van der Waals surface area (Å²) in [7, 11) is 1.78. The van der Waals surface area contributed by atoms with Crippen molar-refractivity contribution in [3.8, 4) is 0 Å². The van der Waals surface area contributed by atoms with Gasteiger partial charge < -0.3 is 20.3 Å². The Bertz CT molecular complexity index is 854. The number of carbonyl (C=O) groups is 2. The number of hydrogen-bond donors (Lipinski definition) is 2. The highest BCUT2D eigenvalue weighted by molar-refractivity contribution is 5.95. The second-order valence-electron chi connectivity index (χ2n) is 9.85. The number of nitrogens with zero attached hydrogens (tertiary/aromatic N) is 2. The van der Waals surface area contributed by atoms with E-state index >= 15 is 0 Å². The van der Waals surface area contributed by atoms with Crippen LogP contribution in [0.1, 0.15) is 76.1 Å². The summed E-state index contributed by atoms with van der Waals surface area (Å²) in [6.45, 7) is 5.41. The molecule has 0 atom stereocenters. The van der Waals surface area contributed by atoms with Gasteiger partial charge in [0.1, 0.15) is 11.3 Å². The first kappa shape index (κ1) is 23.8. The molecular formula is C23H34N4O5. The van der Waals surface area contributed by atoms with Gasteiger partial charge in [-0.1, -0.05) is 19.3 Å². The van der Waals surface area contributed by atoms with Crippen LogP contribution in [0.15, 0.2) is 18.2 Å². The van der Waals surface area contributed by atoms with Gasteiger partial charge in [0.15, 0.2) is 0 Å². The van der Waals surface area contributed by atoms with E-state index in [1.165, 1.54) is 12.5 Å². The maximum atomic E-state index is 12.9. The molecule has 1 aromatic rings. The monoisotopic (exact) mass is 446 g/mol. The number of ether oxygens (including phenoxy) is 1. The van der Waals surface area contributed by atoms with Gasteiger partial charge in [-0.15, -0.1) is 0 Å². The van der Waals surface area contributed by atoms with Crippen LogP contribution < -0.4 is 10.6 Å². The third-order valence-electron chi connectivity index (χ3n) is 6.10. The van der Waals surface area contributed by atoms with Crippen LogP contribution in [-0.4, -0.2) is 52.6 Å². The molecule has 2 N–H and O–H groups in total. The lowest BCUT2D eigenvalue weighted by Crippen LogP contribution is -2.50. The lowest BCUT2D eigenvalue weighted by Gasteiger charge is -2.37. The van der Waals surface area contributed by atoms with Gasteiger partial charge in [-0.3, -0.25) is 14.9 Å². The molecule has 3 rings (SSSR count).